The van der Waals surface area contributed by atoms with Crippen LogP contribution in [0, 0.1) is 0 Å². The Morgan fingerprint density at radius 2 is 1.88 bits per heavy atom. The Kier molecular flexibility index (Phi) is 6.02. The van der Waals surface area contributed by atoms with Crippen LogP contribution in [-0.4, -0.2) is 22.2 Å². The van der Waals surface area contributed by atoms with Crippen molar-refractivity contribution in [1.82, 2.24) is 9.13 Å². The number of amides is 1. The maximum absolute atomic E-state index is 13.6. The second kappa shape index (κ2) is 9.12. The van der Waals surface area contributed by atoms with Gasteiger partial charge in [-0.15, -0.1) is 11.3 Å². The molecule has 0 saturated heterocycles. The molecule has 1 N–H and O–H groups in total. The first kappa shape index (κ1) is 22.4. The fraction of sp³-hybridized carbons (Fsp3) is 0.240. The minimum atomic E-state index is -0.566. The minimum absolute atomic E-state index is 0.221. The first-order valence-corrected chi connectivity index (χ1v) is 12.2. The first-order valence-electron chi connectivity index (χ1n) is 11.0. The molecule has 4 aromatic rings. The number of nitrogens with one attached hydrogen (secondary N) is 1. The van der Waals surface area contributed by atoms with Crippen molar-refractivity contribution in [2.24, 2.45) is 0 Å². The van der Waals surface area contributed by atoms with Crippen molar-refractivity contribution in [3.63, 3.8) is 0 Å². The zero-order valence-corrected chi connectivity index (χ0v) is 20.0. The maximum atomic E-state index is 13.6. The van der Waals surface area contributed by atoms with Crippen LogP contribution in [-0.2, 0) is 24.2 Å². The number of hydrogen-bond acceptors (Lipinski definition) is 5. The molecule has 1 aliphatic rings. The fourth-order valence-corrected chi connectivity index (χ4v) is 5.93. The van der Waals surface area contributed by atoms with Crippen LogP contribution in [0.5, 0.6) is 5.75 Å². The predicted octanol–water partition coefficient (Wildman–Crippen LogP) is 4.39. The van der Waals surface area contributed by atoms with E-state index in [9.17, 15) is 14.4 Å². The topological polar surface area (TPSA) is 82.3 Å². The third-order valence-corrected chi connectivity index (χ3v) is 7.53. The predicted molar refractivity (Wildman–Crippen MR) is 135 cm³/mol. The van der Waals surface area contributed by atoms with Gasteiger partial charge in [0.25, 0.3) is 5.56 Å². The molecule has 0 atom stereocenters. The molecule has 174 valence electrons. The molecule has 1 aliphatic carbocycles. The lowest BCUT2D eigenvalue weighted by Crippen LogP contribution is -2.40. The Balaban J connectivity index is 1.64. The summed E-state index contributed by atoms with van der Waals surface area (Å²) in [6, 6.07) is 13.6. The SMILES string of the molecule is COc1ccc(NC(=O)Cn2c(=O)n(-c3cccc(Cl)c3)c(=O)c3c4c(sc32)CCCC4)cc1. The van der Waals surface area contributed by atoms with Crippen molar-refractivity contribution in [3.8, 4) is 11.4 Å². The highest BCUT2D eigenvalue weighted by atomic mass is 35.5. The summed E-state index contributed by atoms with van der Waals surface area (Å²) < 4.78 is 7.67. The molecule has 1 amide bonds. The van der Waals surface area contributed by atoms with E-state index in [1.807, 2.05) is 0 Å². The van der Waals surface area contributed by atoms with Crippen LogP contribution in [0.4, 0.5) is 5.69 Å². The maximum Gasteiger partial charge on any atom is 0.337 e. The number of ether oxygens (including phenoxy) is 1. The highest BCUT2D eigenvalue weighted by molar-refractivity contribution is 7.18. The Hall–Kier alpha value is -3.36. The molecule has 0 fully saturated rings. The molecule has 2 aromatic carbocycles. The van der Waals surface area contributed by atoms with Crippen LogP contribution in [0.15, 0.2) is 58.1 Å². The van der Waals surface area contributed by atoms with Gasteiger partial charge in [0.15, 0.2) is 0 Å². The standard InChI is InChI=1S/C25H22ClN3O4S/c1-33-18-11-9-16(10-12-18)27-21(30)14-28-24-22(19-7-2-3-8-20(19)34-24)23(31)29(25(28)32)17-6-4-5-15(26)13-17/h4-6,9-13H,2-3,7-8,14H2,1H3,(H,27,30). The number of nitrogens with zero attached hydrogens (tertiary/aromatic N) is 2. The normalized spacial score (nSPS) is 13.0. The molecule has 0 bridgehead atoms. The molecular weight excluding hydrogens is 474 g/mol. The van der Waals surface area contributed by atoms with Gasteiger partial charge >= 0.3 is 5.69 Å². The Bertz CT molecular complexity index is 1520. The number of anilines is 1. The average molecular weight is 496 g/mol. The number of aryl methyl sites for hydroxylation is 2. The Morgan fingerprint density at radius 3 is 2.62 bits per heavy atom. The van der Waals surface area contributed by atoms with E-state index < -0.39 is 5.69 Å². The third-order valence-electron chi connectivity index (χ3n) is 5.98. The number of methoxy groups -OCH3 is 1. The molecule has 2 heterocycles. The Morgan fingerprint density at radius 1 is 1.12 bits per heavy atom. The van der Waals surface area contributed by atoms with Crippen molar-refractivity contribution in [1.29, 1.82) is 0 Å². The average Bonchev–Trinajstić information content (AvgIpc) is 3.22. The summed E-state index contributed by atoms with van der Waals surface area (Å²) in [5.74, 6) is 0.310. The molecule has 0 unspecified atom stereocenters. The molecule has 9 heteroatoms. The van der Waals surface area contributed by atoms with Crippen LogP contribution in [0.25, 0.3) is 15.9 Å². The molecule has 0 radical (unpaired) electrons. The van der Waals surface area contributed by atoms with Gasteiger partial charge in [0.1, 0.15) is 17.1 Å². The zero-order chi connectivity index (χ0) is 23.8. The van der Waals surface area contributed by atoms with Gasteiger partial charge in [-0.3, -0.25) is 14.2 Å². The van der Waals surface area contributed by atoms with Crippen LogP contribution >= 0.6 is 22.9 Å². The second-order valence-corrected chi connectivity index (χ2v) is 9.68. The molecule has 34 heavy (non-hydrogen) atoms. The van der Waals surface area contributed by atoms with Gasteiger partial charge < -0.3 is 10.1 Å². The zero-order valence-electron chi connectivity index (χ0n) is 18.5. The molecule has 0 spiro atoms. The van der Waals surface area contributed by atoms with E-state index >= 15 is 0 Å². The van der Waals surface area contributed by atoms with Crippen LogP contribution in [0.1, 0.15) is 23.3 Å². The summed E-state index contributed by atoms with van der Waals surface area (Å²) in [6.45, 7) is -0.221. The van der Waals surface area contributed by atoms with Crippen LogP contribution in [0.2, 0.25) is 5.02 Å². The molecule has 2 aromatic heterocycles. The van der Waals surface area contributed by atoms with E-state index in [0.717, 1.165) is 40.7 Å². The van der Waals surface area contributed by atoms with Gasteiger partial charge in [-0.2, -0.15) is 0 Å². The number of thiophene rings is 1. The summed E-state index contributed by atoms with van der Waals surface area (Å²) in [5, 5.41) is 3.76. The number of aromatic nitrogens is 2. The second-order valence-electron chi connectivity index (χ2n) is 8.16. The number of halogens is 1. The summed E-state index contributed by atoms with van der Waals surface area (Å²) in [5.41, 5.74) is 1.03. The van der Waals surface area contributed by atoms with E-state index in [2.05, 4.69) is 5.32 Å². The Labute approximate surface area is 204 Å². The van der Waals surface area contributed by atoms with Gasteiger partial charge in [0.2, 0.25) is 5.91 Å². The lowest BCUT2D eigenvalue weighted by atomic mass is 9.97. The highest BCUT2D eigenvalue weighted by Gasteiger charge is 2.25. The number of carbonyl (C=O) groups excluding carboxylic acids is 1. The summed E-state index contributed by atoms with van der Waals surface area (Å²) in [7, 11) is 1.57. The molecule has 0 saturated carbocycles. The number of hydrogen-bond donors (Lipinski definition) is 1. The van der Waals surface area contributed by atoms with Crippen molar-refractivity contribution in [3.05, 3.63) is 84.8 Å². The van der Waals surface area contributed by atoms with Gasteiger partial charge in [-0.1, -0.05) is 17.7 Å². The number of fused-ring (bicyclic) bond motifs is 3. The monoisotopic (exact) mass is 495 g/mol. The van der Waals surface area contributed by atoms with Gasteiger partial charge in [0.05, 0.1) is 18.2 Å². The largest absolute Gasteiger partial charge is 0.497 e. The summed E-state index contributed by atoms with van der Waals surface area (Å²) in [4.78, 5) is 41.8. The van der Waals surface area contributed by atoms with E-state index in [-0.39, 0.29) is 18.0 Å². The fourth-order valence-electron chi connectivity index (χ4n) is 4.37. The van der Waals surface area contributed by atoms with Crippen LogP contribution < -0.4 is 21.3 Å². The minimum Gasteiger partial charge on any atom is -0.497 e. The van der Waals surface area contributed by atoms with Gasteiger partial charge in [-0.25, -0.2) is 9.36 Å². The van der Waals surface area contributed by atoms with Crippen molar-refractivity contribution >= 4 is 44.7 Å². The van der Waals surface area contributed by atoms with Crippen molar-refractivity contribution in [2.75, 3.05) is 12.4 Å². The number of rotatable bonds is 5. The molecular formula is C25H22ClN3O4S. The van der Waals surface area contributed by atoms with Gasteiger partial charge in [-0.05, 0) is 73.7 Å². The van der Waals surface area contributed by atoms with Gasteiger partial charge in [0, 0.05) is 15.6 Å². The van der Waals surface area contributed by atoms with E-state index in [0.29, 0.717) is 32.4 Å². The number of carbonyl (C=O) groups is 1. The third kappa shape index (κ3) is 4.03. The lowest BCUT2D eigenvalue weighted by Gasteiger charge is -2.14. The summed E-state index contributed by atoms with van der Waals surface area (Å²) >= 11 is 7.59. The van der Waals surface area contributed by atoms with E-state index in [4.69, 9.17) is 16.3 Å². The quantitative estimate of drug-likeness (QED) is 0.445. The van der Waals surface area contributed by atoms with E-state index in [1.165, 1.54) is 15.9 Å². The smallest absolute Gasteiger partial charge is 0.337 e. The first-order chi connectivity index (χ1) is 16.5. The summed E-state index contributed by atoms with van der Waals surface area (Å²) in [6.07, 6.45) is 3.70. The molecule has 5 rings (SSSR count). The van der Waals surface area contributed by atoms with Crippen molar-refractivity contribution in [2.45, 2.75) is 32.2 Å². The highest BCUT2D eigenvalue weighted by Crippen LogP contribution is 2.34. The molecule has 7 nitrogen and oxygen atoms in total. The number of benzene rings is 2. The van der Waals surface area contributed by atoms with E-state index in [1.54, 1.807) is 55.6 Å². The molecule has 0 aliphatic heterocycles. The lowest BCUT2D eigenvalue weighted by molar-refractivity contribution is -0.116. The van der Waals surface area contributed by atoms with Crippen molar-refractivity contribution < 1.29 is 9.53 Å². The van der Waals surface area contributed by atoms with Crippen LogP contribution in [0.3, 0.4) is 0 Å².